The number of rotatable bonds is 4. The zero-order valence-electron chi connectivity index (χ0n) is 12.6. The molecule has 1 aliphatic rings. The summed E-state index contributed by atoms with van der Waals surface area (Å²) in [6.45, 7) is 3.07. The lowest BCUT2D eigenvalue weighted by Crippen LogP contribution is -2.43. The molecule has 0 saturated carbocycles. The van der Waals surface area contributed by atoms with Gasteiger partial charge in [-0.3, -0.25) is 9.69 Å². The molecular formula is C17H20N2O3. The highest BCUT2D eigenvalue weighted by molar-refractivity contribution is 5.94. The van der Waals surface area contributed by atoms with E-state index in [9.17, 15) is 4.79 Å². The molecule has 5 nitrogen and oxygen atoms in total. The third kappa shape index (κ3) is 3.20. The van der Waals surface area contributed by atoms with Gasteiger partial charge in [-0.15, -0.1) is 0 Å². The van der Waals surface area contributed by atoms with E-state index in [1.54, 1.807) is 17.4 Å². The lowest BCUT2D eigenvalue weighted by Gasteiger charge is -2.32. The standard InChI is InChI=1S/C17H20N2O3/c1-13-15(7-5-10-21-13)17(20)19(12-14-6-4-11-22-14)16-8-2-3-9-18-16/h2-4,6,8-9,11,13,15H,5,7,10,12H2,1H3/t13-,15-/m0/s1. The number of pyridine rings is 1. The number of hydrogen-bond donors (Lipinski definition) is 0. The number of carbonyl (C=O) groups excluding carboxylic acids is 1. The van der Waals surface area contributed by atoms with Crippen molar-refractivity contribution in [3.63, 3.8) is 0 Å². The van der Waals surface area contributed by atoms with Crippen molar-refractivity contribution in [3.8, 4) is 0 Å². The van der Waals surface area contributed by atoms with Gasteiger partial charge in [-0.25, -0.2) is 4.98 Å². The van der Waals surface area contributed by atoms with E-state index in [-0.39, 0.29) is 17.9 Å². The number of carbonyl (C=O) groups is 1. The molecule has 0 spiro atoms. The van der Waals surface area contributed by atoms with Crippen LogP contribution in [0.1, 0.15) is 25.5 Å². The zero-order valence-corrected chi connectivity index (χ0v) is 12.6. The van der Waals surface area contributed by atoms with Gasteiger partial charge in [0.25, 0.3) is 0 Å². The van der Waals surface area contributed by atoms with E-state index in [1.807, 2.05) is 37.3 Å². The van der Waals surface area contributed by atoms with Crippen LogP contribution >= 0.6 is 0 Å². The molecule has 2 aromatic heterocycles. The first-order chi connectivity index (χ1) is 10.8. The SMILES string of the molecule is C[C@@H]1OCCC[C@@H]1C(=O)N(Cc1ccco1)c1ccccn1. The molecule has 1 amide bonds. The third-order valence-corrected chi connectivity index (χ3v) is 4.01. The van der Waals surface area contributed by atoms with E-state index in [0.717, 1.165) is 25.2 Å². The Hall–Kier alpha value is -2.14. The van der Waals surface area contributed by atoms with Crippen LogP contribution in [0.3, 0.4) is 0 Å². The van der Waals surface area contributed by atoms with E-state index >= 15 is 0 Å². The predicted molar refractivity (Wildman–Crippen MR) is 82.3 cm³/mol. The number of anilines is 1. The molecule has 0 unspecified atom stereocenters. The molecule has 0 N–H and O–H groups in total. The van der Waals surface area contributed by atoms with Crippen molar-refractivity contribution in [1.29, 1.82) is 0 Å². The summed E-state index contributed by atoms with van der Waals surface area (Å²) in [5.41, 5.74) is 0. The summed E-state index contributed by atoms with van der Waals surface area (Å²) in [5.74, 6) is 1.29. The second-order valence-corrected chi connectivity index (χ2v) is 5.52. The number of furan rings is 1. The maximum Gasteiger partial charge on any atom is 0.234 e. The first kappa shape index (κ1) is 14.8. The molecule has 116 valence electrons. The van der Waals surface area contributed by atoms with Gasteiger partial charge in [-0.05, 0) is 44.0 Å². The van der Waals surface area contributed by atoms with Gasteiger partial charge >= 0.3 is 0 Å². The molecule has 0 radical (unpaired) electrons. The van der Waals surface area contributed by atoms with Crippen molar-refractivity contribution < 1.29 is 13.9 Å². The summed E-state index contributed by atoms with van der Waals surface area (Å²) in [5, 5.41) is 0. The van der Waals surface area contributed by atoms with Crippen LogP contribution in [0.4, 0.5) is 5.82 Å². The van der Waals surface area contributed by atoms with Crippen molar-refractivity contribution in [2.24, 2.45) is 5.92 Å². The minimum Gasteiger partial charge on any atom is -0.467 e. The van der Waals surface area contributed by atoms with Crippen LogP contribution in [0.2, 0.25) is 0 Å². The fourth-order valence-electron chi connectivity index (χ4n) is 2.79. The van der Waals surface area contributed by atoms with Gasteiger partial charge in [-0.1, -0.05) is 6.07 Å². The molecule has 3 rings (SSSR count). The Kier molecular flexibility index (Phi) is 4.53. The Bertz CT molecular complexity index is 598. The van der Waals surface area contributed by atoms with Crippen molar-refractivity contribution in [2.45, 2.75) is 32.4 Å². The summed E-state index contributed by atoms with van der Waals surface area (Å²) in [6.07, 6.45) is 5.00. The molecule has 3 heterocycles. The molecule has 2 aromatic rings. The third-order valence-electron chi connectivity index (χ3n) is 4.01. The summed E-state index contributed by atoms with van der Waals surface area (Å²) >= 11 is 0. The number of amides is 1. The molecule has 1 aliphatic heterocycles. The van der Waals surface area contributed by atoms with E-state index < -0.39 is 0 Å². The Labute approximate surface area is 129 Å². The number of ether oxygens (including phenoxy) is 1. The molecule has 2 atom stereocenters. The average Bonchev–Trinajstić information content (AvgIpc) is 3.06. The second kappa shape index (κ2) is 6.75. The van der Waals surface area contributed by atoms with Crippen molar-refractivity contribution >= 4 is 11.7 Å². The highest BCUT2D eigenvalue weighted by Gasteiger charge is 2.33. The van der Waals surface area contributed by atoms with Crippen molar-refractivity contribution in [3.05, 3.63) is 48.6 Å². The molecule has 1 saturated heterocycles. The van der Waals surface area contributed by atoms with Gasteiger partial charge in [0.2, 0.25) is 5.91 Å². The van der Waals surface area contributed by atoms with Crippen LogP contribution in [0.15, 0.2) is 47.2 Å². The zero-order chi connectivity index (χ0) is 15.4. The largest absolute Gasteiger partial charge is 0.467 e. The van der Waals surface area contributed by atoms with Crippen LogP contribution in [0, 0.1) is 5.92 Å². The second-order valence-electron chi connectivity index (χ2n) is 5.52. The minimum atomic E-state index is -0.134. The smallest absolute Gasteiger partial charge is 0.234 e. The fraction of sp³-hybridized carbons (Fsp3) is 0.412. The predicted octanol–water partition coefficient (Wildman–Crippen LogP) is 3.02. The van der Waals surface area contributed by atoms with E-state index in [1.165, 1.54) is 0 Å². The Morgan fingerprint density at radius 2 is 2.27 bits per heavy atom. The monoisotopic (exact) mass is 300 g/mol. The van der Waals surface area contributed by atoms with E-state index in [4.69, 9.17) is 9.15 Å². The highest BCUT2D eigenvalue weighted by atomic mass is 16.5. The Morgan fingerprint density at radius 1 is 1.36 bits per heavy atom. The van der Waals surface area contributed by atoms with Crippen LogP contribution < -0.4 is 4.90 Å². The lowest BCUT2D eigenvalue weighted by atomic mass is 9.93. The van der Waals surface area contributed by atoms with Gasteiger partial charge in [0.05, 0.1) is 24.8 Å². The van der Waals surface area contributed by atoms with Gasteiger partial charge in [0.1, 0.15) is 11.6 Å². The molecule has 0 aromatic carbocycles. The van der Waals surface area contributed by atoms with Crippen LogP contribution in [0.5, 0.6) is 0 Å². The topological polar surface area (TPSA) is 55.6 Å². The quantitative estimate of drug-likeness (QED) is 0.871. The summed E-state index contributed by atoms with van der Waals surface area (Å²) < 4.78 is 11.0. The highest BCUT2D eigenvalue weighted by Crippen LogP contribution is 2.26. The van der Waals surface area contributed by atoms with Gasteiger partial charge < -0.3 is 9.15 Å². The first-order valence-electron chi connectivity index (χ1n) is 7.62. The van der Waals surface area contributed by atoms with Gasteiger partial charge in [-0.2, -0.15) is 0 Å². The maximum atomic E-state index is 13.0. The van der Waals surface area contributed by atoms with Crippen LogP contribution in [-0.2, 0) is 16.1 Å². The van der Waals surface area contributed by atoms with Crippen LogP contribution in [0.25, 0.3) is 0 Å². The molecule has 1 fully saturated rings. The molecule has 0 bridgehead atoms. The molecule has 5 heteroatoms. The summed E-state index contributed by atoms with van der Waals surface area (Å²) in [4.78, 5) is 19.0. The van der Waals surface area contributed by atoms with Crippen molar-refractivity contribution in [2.75, 3.05) is 11.5 Å². The first-order valence-corrected chi connectivity index (χ1v) is 7.62. The number of hydrogen-bond acceptors (Lipinski definition) is 4. The van der Waals surface area contributed by atoms with Crippen molar-refractivity contribution in [1.82, 2.24) is 4.98 Å². The van der Waals surface area contributed by atoms with Gasteiger partial charge in [0.15, 0.2) is 0 Å². The van der Waals surface area contributed by atoms with E-state index in [2.05, 4.69) is 4.98 Å². The lowest BCUT2D eigenvalue weighted by molar-refractivity contribution is -0.130. The molecule has 0 aliphatic carbocycles. The molecular weight excluding hydrogens is 280 g/mol. The van der Waals surface area contributed by atoms with Crippen LogP contribution in [-0.4, -0.2) is 23.6 Å². The summed E-state index contributed by atoms with van der Waals surface area (Å²) in [7, 11) is 0. The Balaban J connectivity index is 1.85. The van der Waals surface area contributed by atoms with Gasteiger partial charge in [0, 0.05) is 12.8 Å². The number of nitrogens with zero attached hydrogens (tertiary/aromatic N) is 2. The summed E-state index contributed by atoms with van der Waals surface area (Å²) in [6, 6.07) is 9.25. The maximum absolute atomic E-state index is 13.0. The normalized spacial score (nSPS) is 21.5. The molecule has 22 heavy (non-hydrogen) atoms. The minimum absolute atomic E-state index is 0.0438. The average molecular weight is 300 g/mol. The Morgan fingerprint density at radius 3 is 2.95 bits per heavy atom. The van der Waals surface area contributed by atoms with E-state index in [0.29, 0.717) is 12.4 Å². The number of aromatic nitrogens is 1. The fourth-order valence-corrected chi connectivity index (χ4v) is 2.79.